The number of nitrogens with zero attached hydrogens (tertiary/aromatic N) is 4. The van der Waals surface area contributed by atoms with Crippen molar-refractivity contribution in [2.24, 2.45) is 0 Å². The number of nitrogen functional groups attached to an aromatic ring is 2. The Morgan fingerprint density at radius 3 is 1.20 bits per heavy atom. The van der Waals surface area contributed by atoms with Gasteiger partial charge < -0.3 is 21.7 Å². The summed E-state index contributed by atoms with van der Waals surface area (Å²) in [7, 11) is -8.46. The summed E-state index contributed by atoms with van der Waals surface area (Å²) >= 11 is 0. The number of carbonyl (C=O) groups is 1. The first-order chi connectivity index (χ1) is 31.6. The smallest absolute Gasteiger partial charge is 0.261 e. The predicted molar refractivity (Wildman–Crippen MR) is 250 cm³/mol. The molecule has 0 atom stereocenters. The molecule has 15 nitrogen and oxygen atoms in total. The van der Waals surface area contributed by atoms with Crippen LogP contribution in [-0.4, -0.2) is 42.8 Å². The summed E-state index contributed by atoms with van der Waals surface area (Å²) in [5.74, 6) is -0.515. The number of pyridine rings is 2. The number of aromatic hydroxyl groups is 2. The van der Waals surface area contributed by atoms with Gasteiger partial charge in [0.15, 0.2) is 5.78 Å². The third-order valence-corrected chi connectivity index (χ3v) is 13.1. The van der Waals surface area contributed by atoms with Gasteiger partial charge in [0.2, 0.25) is 0 Å². The summed E-state index contributed by atoms with van der Waals surface area (Å²) in [6.45, 7) is 0. The van der Waals surface area contributed by atoms with Crippen molar-refractivity contribution in [2.45, 2.75) is 9.79 Å². The molecule has 0 saturated heterocycles. The summed E-state index contributed by atoms with van der Waals surface area (Å²) in [4.78, 5) is 22.0. The van der Waals surface area contributed by atoms with Gasteiger partial charge in [-0.05, 0) is 96.1 Å². The van der Waals surface area contributed by atoms with E-state index < -0.39 is 25.8 Å². The molecule has 0 spiro atoms. The topological polar surface area (TPSA) is 275 Å². The quantitative estimate of drug-likeness (QED) is 0.0630. The van der Waals surface area contributed by atoms with Crippen LogP contribution in [0.4, 0.5) is 23.0 Å². The number of hydrogen-bond acceptors (Lipinski definition) is 13. The first kappa shape index (κ1) is 43.6. The van der Waals surface area contributed by atoms with Crippen LogP contribution in [0.25, 0.3) is 44.8 Å². The molecule has 0 aliphatic heterocycles. The van der Waals surface area contributed by atoms with E-state index in [9.17, 15) is 42.4 Å². The van der Waals surface area contributed by atoms with Crippen molar-refractivity contribution in [1.82, 2.24) is 9.97 Å². The van der Waals surface area contributed by atoms with Crippen LogP contribution in [0, 0.1) is 22.7 Å². The molecule has 0 bridgehead atoms. The van der Waals surface area contributed by atoms with E-state index >= 15 is 0 Å². The fraction of sp³-hybridized carbons (Fsp3) is 0. The lowest BCUT2D eigenvalue weighted by molar-refractivity contribution is 0.103. The van der Waals surface area contributed by atoms with Crippen LogP contribution in [-0.2, 0) is 20.0 Å². The van der Waals surface area contributed by atoms with Gasteiger partial charge in [-0.3, -0.25) is 14.2 Å². The van der Waals surface area contributed by atoms with Gasteiger partial charge in [0.25, 0.3) is 20.0 Å². The molecule has 2 heterocycles. The second-order valence-corrected chi connectivity index (χ2v) is 18.1. The molecule has 66 heavy (non-hydrogen) atoms. The number of ketones is 1. The molecular formula is C49H34N8O7S2. The molecule has 2 aromatic heterocycles. The van der Waals surface area contributed by atoms with Crippen molar-refractivity contribution >= 4 is 48.8 Å². The number of anilines is 4. The highest BCUT2D eigenvalue weighted by Gasteiger charge is 2.22. The predicted octanol–water partition coefficient (Wildman–Crippen LogP) is 8.30. The number of nitriles is 2. The van der Waals surface area contributed by atoms with Crippen molar-refractivity contribution in [3.63, 3.8) is 0 Å². The molecule has 17 heteroatoms. The van der Waals surface area contributed by atoms with E-state index in [-0.39, 0.29) is 66.6 Å². The highest BCUT2D eigenvalue weighted by molar-refractivity contribution is 7.93. The molecule has 0 unspecified atom stereocenters. The number of carbonyl (C=O) groups excluding carboxylic acids is 1. The van der Waals surface area contributed by atoms with Crippen molar-refractivity contribution in [3.8, 4) is 68.4 Å². The number of sulfonamides is 2. The number of aromatic nitrogens is 2. The Kier molecular flexibility index (Phi) is 11.6. The normalized spacial score (nSPS) is 11.2. The molecular weight excluding hydrogens is 877 g/mol. The Labute approximate surface area is 378 Å². The number of nitrogens with two attached hydrogens (primary N) is 2. The maximum Gasteiger partial charge on any atom is 0.261 e. The molecule has 8 aromatic rings. The minimum Gasteiger partial charge on any atom is -0.508 e. The average Bonchev–Trinajstić information content (AvgIpc) is 3.31. The van der Waals surface area contributed by atoms with Gasteiger partial charge >= 0.3 is 0 Å². The maximum absolute atomic E-state index is 13.7. The monoisotopic (exact) mass is 910 g/mol. The van der Waals surface area contributed by atoms with E-state index in [0.29, 0.717) is 44.8 Å². The highest BCUT2D eigenvalue weighted by Crippen LogP contribution is 2.35. The lowest BCUT2D eigenvalue weighted by atomic mass is 9.98. The summed E-state index contributed by atoms with van der Waals surface area (Å²) in [6.07, 6.45) is 0. The average molecular weight is 911 g/mol. The summed E-state index contributed by atoms with van der Waals surface area (Å²) in [6, 6.07) is 43.2. The van der Waals surface area contributed by atoms with E-state index in [1.165, 1.54) is 97.1 Å². The van der Waals surface area contributed by atoms with E-state index in [0.717, 1.165) is 0 Å². The highest BCUT2D eigenvalue weighted by atomic mass is 32.2. The van der Waals surface area contributed by atoms with Crippen LogP contribution in [0.3, 0.4) is 0 Å². The number of rotatable bonds is 12. The second-order valence-electron chi connectivity index (χ2n) is 14.7. The summed E-state index contributed by atoms with van der Waals surface area (Å²) in [5.41, 5.74) is 17.3. The van der Waals surface area contributed by atoms with E-state index in [1.807, 2.05) is 0 Å². The SMILES string of the molecule is N#Cc1c(-c2ccc(O)cc2)cc(-c2ccc(NS(=O)(=O)c3cccc(C(=O)c4cccc(S(=O)(=O)Nc5ccc(-c6cc(-c7ccc(O)cc7)c(C#N)c(N)n6)cc5)c4)c3)cc2)nc1N. The van der Waals surface area contributed by atoms with Crippen molar-refractivity contribution in [3.05, 3.63) is 180 Å². The third kappa shape index (κ3) is 9.06. The van der Waals surface area contributed by atoms with Gasteiger partial charge in [0, 0.05) is 44.8 Å². The molecule has 324 valence electrons. The Bertz CT molecular complexity index is 3280. The number of nitrogens with one attached hydrogen (secondary N) is 2. The zero-order valence-electron chi connectivity index (χ0n) is 34.2. The van der Waals surface area contributed by atoms with Crippen LogP contribution in [0.1, 0.15) is 27.0 Å². The lowest BCUT2D eigenvalue weighted by Gasteiger charge is -2.12. The summed E-state index contributed by atoms with van der Waals surface area (Å²) < 4.78 is 59.3. The second kappa shape index (κ2) is 17.6. The van der Waals surface area contributed by atoms with Crippen LogP contribution >= 0.6 is 0 Å². The summed E-state index contributed by atoms with van der Waals surface area (Å²) in [5, 5.41) is 38.9. The Morgan fingerprint density at radius 2 is 0.848 bits per heavy atom. The van der Waals surface area contributed by atoms with Gasteiger partial charge in [0.1, 0.15) is 46.4 Å². The third-order valence-electron chi connectivity index (χ3n) is 10.4. The lowest BCUT2D eigenvalue weighted by Crippen LogP contribution is -2.15. The van der Waals surface area contributed by atoms with Gasteiger partial charge in [-0.1, -0.05) is 72.8 Å². The van der Waals surface area contributed by atoms with E-state index in [1.54, 1.807) is 60.7 Å². The molecule has 0 saturated carbocycles. The van der Waals surface area contributed by atoms with Crippen molar-refractivity contribution in [1.29, 1.82) is 10.5 Å². The molecule has 0 aliphatic rings. The van der Waals surface area contributed by atoms with Gasteiger partial charge in [-0.15, -0.1) is 0 Å². The number of phenols is 2. The molecule has 0 radical (unpaired) electrons. The minimum atomic E-state index is -4.23. The van der Waals surface area contributed by atoms with Gasteiger partial charge in [-0.2, -0.15) is 10.5 Å². The Balaban J connectivity index is 0.965. The van der Waals surface area contributed by atoms with E-state index in [4.69, 9.17) is 11.5 Å². The fourth-order valence-corrected chi connectivity index (χ4v) is 9.23. The number of hydrogen-bond donors (Lipinski definition) is 6. The van der Waals surface area contributed by atoms with Crippen LogP contribution < -0.4 is 20.9 Å². The first-order valence-electron chi connectivity index (χ1n) is 19.6. The van der Waals surface area contributed by atoms with Crippen molar-refractivity contribution in [2.75, 3.05) is 20.9 Å². The molecule has 8 rings (SSSR count). The molecule has 0 amide bonds. The number of benzene rings is 6. The van der Waals surface area contributed by atoms with Gasteiger partial charge in [-0.25, -0.2) is 26.8 Å². The van der Waals surface area contributed by atoms with Crippen LogP contribution in [0.2, 0.25) is 0 Å². The zero-order chi connectivity index (χ0) is 46.8. The van der Waals surface area contributed by atoms with E-state index in [2.05, 4.69) is 31.6 Å². The molecule has 8 N–H and O–H groups in total. The Hall–Kier alpha value is -9.03. The maximum atomic E-state index is 13.7. The van der Waals surface area contributed by atoms with Crippen LogP contribution in [0.5, 0.6) is 11.5 Å². The molecule has 6 aromatic carbocycles. The largest absolute Gasteiger partial charge is 0.508 e. The zero-order valence-corrected chi connectivity index (χ0v) is 35.8. The molecule has 0 aliphatic carbocycles. The van der Waals surface area contributed by atoms with Gasteiger partial charge in [0.05, 0.1) is 21.2 Å². The standard InChI is InChI=1S/C49H34N8O7S2/c50-27-43-41(29-11-19-37(58)20-12-29)25-45(54-48(43)52)31-7-15-35(16-8-31)56-65(61,62)39-5-1-3-33(23-39)47(60)34-4-2-6-40(24-34)66(63,64)57-36-17-9-32(10-18-36)46-26-42(44(28-51)49(53)55-46)30-13-21-38(59)22-14-30/h1-26,56-59H,(H2,52,54)(H2,53,55). The first-order valence-corrected chi connectivity index (χ1v) is 22.6. The van der Waals surface area contributed by atoms with Crippen LogP contribution in [0.15, 0.2) is 168 Å². The minimum absolute atomic E-state index is 0.000865. The van der Waals surface area contributed by atoms with Crippen molar-refractivity contribution < 1.29 is 31.8 Å². The number of phenolic OH excluding ortho intramolecular Hbond substituents is 2. The fourth-order valence-electron chi connectivity index (χ4n) is 7.02. The molecule has 0 fully saturated rings. The Morgan fingerprint density at radius 1 is 0.500 bits per heavy atom.